The Hall–Kier alpha value is -1.46. The van der Waals surface area contributed by atoms with Gasteiger partial charge in [-0.15, -0.1) is 5.73 Å². The monoisotopic (exact) mass is 228 g/mol. The molecular weight excluding hydrogens is 208 g/mol. The summed E-state index contributed by atoms with van der Waals surface area (Å²) in [5.41, 5.74) is 4.74. The molecule has 0 aromatic heterocycles. The number of ether oxygens (including phenoxy) is 1. The Kier molecular flexibility index (Phi) is 3.13. The average Bonchev–Trinajstić information content (AvgIpc) is 3.08. The van der Waals surface area contributed by atoms with Gasteiger partial charge >= 0.3 is 0 Å². The second kappa shape index (κ2) is 4.43. The number of methoxy groups -OCH3 is 1. The summed E-state index contributed by atoms with van der Waals surface area (Å²) in [6.07, 6.45) is 5.78. The van der Waals surface area contributed by atoms with Crippen molar-refractivity contribution in [1.82, 2.24) is 0 Å². The van der Waals surface area contributed by atoms with Crippen LogP contribution in [-0.2, 0) is 5.41 Å². The molecule has 1 aromatic rings. The predicted octanol–water partition coefficient (Wildman–Crippen LogP) is 2.50. The van der Waals surface area contributed by atoms with Crippen LogP contribution in [0.1, 0.15) is 38.7 Å². The Labute approximate surface area is 103 Å². The summed E-state index contributed by atoms with van der Waals surface area (Å²) in [5.74, 6) is 0.894. The predicted molar refractivity (Wildman–Crippen MR) is 72.6 cm³/mol. The smallest absolute Gasteiger partial charge is 0.134 e. The van der Waals surface area contributed by atoms with E-state index in [1.807, 2.05) is 0 Å². The fraction of sp³-hybridized carbons (Fsp3) is 0.438. The summed E-state index contributed by atoms with van der Waals surface area (Å²) in [6.45, 7) is 8.22. The van der Waals surface area contributed by atoms with E-state index >= 15 is 0 Å². The lowest BCUT2D eigenvalue weighted by atomic mass is 9.96. The van der Waals surface area contributed by atoms with Gasteiger partial charge in [-0.3, -0.25) is 0 Å². The van der Waals surface area contributed by atoms with Gasteiger partial charge < -0.3 is 4.74 Å². The lowest BCUT2D eigenvalue weighted by molar-refractivity contribution is 0.410. The zero-order valence-electron chi connectivity index (χ0n) is 11.0. The van der Waals surface area contributed by atoms with Crippen LogP contribution >= 0.6 is 0 Å². The zero-order chi connectivity index (χ0) is 12.5. The lowest BCUT2D eigenvalue weighted by Crippen LogP contribution is -2.27. The molecule has 0 N–H and O–H groups in total. The Morgan fingerprint density at radius 3 is 2.65 bits per heavy atom. The molecule has 1 aliphatic carbocycles. The highest BCUT2D eigenvalue weighted by Crippen LogP contribution is 2.47. The van der Waals surface area contributed by atoms with Gasteiger partial charge in [-0.2, -0.15) is 0 Å². The van der Waals surface area contributed by atoms with Crippen molar-refractivity contribution in [3.8, 4) is 5.75 Å². The molecule has 2 rings (SSSR count). The van der Waals surface area contributed by atoms with Gasteiger partial charge in [-0.25, -0.2) is 0 Å². The number of benzene rings is 1. The highest BCUT2D eigenvalue weighted by atomic mass is 16.5. The Morgan fingerprint density at radius 1 is 1.47 bits per heavy atom. The van der Waals surface area contributed by atoms with Crippen LogP contribution in [0.4, 0.5) is 0 Å². The molecule has 1 nitrogen and oxygen atoms in total. The molecule has 1 saturated carbocycles. The second-order valence-corrected chi connectivity index (χ2v) is 4.99. The highest BCUT2D eigenvalue weighted by molar-refractivity contribution is 5.44. The Bertz CT molecular complexity index is 558. The van der Waals surface area contributed by atoms with Crippen LogP contribution in [-0.4, -0.2) is 7.11 Å². The van der Waals surface area contributed by atoms with Gasteiger partial charge in [-0.1, -0.05) is 32.6 Å². The quantitative estimate of drug-likeness (QED) is 0.772. The van der Waals surface area contributed by atoms with Gasteiger partial charge in [0.2, 0.25) is 0 Å². The van der Waals surface area contributed by atoms with Crippen molar-refractivity contribution in [3.63, 3.8) is 0 Å². The minimum atomic E-state index is 0.364. The first-order valence-electron chi connectivity index (χ1n) is 6.23. The summed E-state index contributed by atoms with van der Waals surface area (Å²) in [5, 5.41) is 2.19. The lowest BCUT2D eigenvalue weighted by Gasteiger charge is -2.11. The Balaban J connectivity index is 2.73. The van der Waals surface area contributed by atoms with E-state index in [0.29, 0.717) is 5.41 Å². The molecule has 0 spiro atoms. The van der Waals surface area contributed by atoms with E-state index in [1.54, 1.807) is 7.11 Å². The molecule has 0 saturated heterocycles. The molecule has 0 unspecified atom stereocenters. The maximum atomic E-state index is 5.46. The number of hydrogen-bond acceptors (Lipinski definition) is 1. The van der Waals surface area contributed by atoms with E-state index in [0.717, 1.165) is 17.4 Å². The van der Waals surface area contributed by atoms with Gasteiger partial charge in [0.1, 0.15) is 5.75 Å². The molecule has 17 heavy (non-hydrogen) atoms. The molecular formula is C16H20O. The van der Waals surface area contributed by atoms with Crippen molar-refractivity contribution in [2.24, 2.45) is 0 Å². The van der Waals surface area contributed by atoms with Gasteiger partial charge in [0.15, 0.2) is 0 Å². The van der Waals surface area contributed by atoms with Crippen LogP contribution in [0, 0.1) is 0 Å². The summed E-state index contributed by atoms with van der Waals surface area (Å²) in [6, 6.07) is 4.42. The topological polar surface area (TPSA) is 9.23 Å². The molecule has 0 aliphatic heterocycles. The first kappa shape index (κ1) is 12.0. The van der Waals surface area contributed by atoms with Crippen molar-refractivity contribution in [2.45, 2.75) is 38.5 Å². The average molecular weight is 228 g/mol. The van der Waals surface area contributed by atoms with Crippen molar-refractivity contribution < 1.29 is 4.74 Å². The molecule has 1 heteroatoms. The summed E-state index contributed by atoms with van der Waals surface area (Å²) < 4.78 is 5.46. The number of hydrogen-bond donors (Lipinski definition) is 0. The van der Waals surface area contributed by atoms with Gasteiger partial charge in [0.25, 0.3) is 0 Å². The van der Waals surface area contributed by atoms with E-state index in [1.165, 1.54) is 23.6 Å². The van der Waals surface area contributed by atoms with Gasteiger partial charge in [0, 0.05) is 0 Å². The molecule has 1 aliphatic rings. The molecule has 0 bridgehead atoms. The zero-order valence-corrected chi connectivity index (χ0v) is 11.0. The van der Waals surface area contributed by atoms with E-state index in [-0.39, 0.29) is 0 Å². The van der Waals surface area contributed by atoms with E-state index < -0.39 is 0 Å². The molecule has 1 aromatic carbocycles. The van der Waals surface area contributed by atoms with Gasteiger partial charge in [-0.05, 0) is 41.5 Å². The molecule has 1 fully saturated rings. The SMILES string of the molecule is C=C=c1c(OC)cc(C2(C)CC2)c/c1=C/CC. The summed E-state index contributed by atoms with van der Waals surface area (Å²) >= 11 is 0. The van der Waals surface area contributed by atoms with Crippen molar-refractivity contribution in [3.05, 3.63) is 34.7 Å². The normalized spacial score (nSPS) is 17.7. The third-order valence-electron chi connectivity index (χ3n) is 3.65. The third kappa shape index (κ3) is 2.16. The van der Waals surface area contributed by atoms with E-state index in [2.05, 4.69) is 44.4 Å². The number of rotatable bonds is 3. The maximum Gasteiger partial charge on any atom is 0.134 e. The van der Waals surface area contributed by atoms with Crippen molar-refractivity contribution in [2.75, 3.05) is 7.11 Å². The fourth-order valence-electron chi connectivity index (χ4n) is 2.19. The minimum absolute atomic E-state index is 0.364. The van der Waals surface area contributed by atoms with Crippen LogP contribution in [0.25, 0.3) is 11.8 Å². The molecule has 0 atom stereocenters. The molecule has 0 amide bonds. The fourth-order valence-corrected chi connectivity index (χ4v) is 2.19. The van der Waals surface area contributed by atoms with Crippen molar-refractivity contribution in [1.29, 1.82) is 0 Å². The first-order chi connectivity index (χ1) is 8.14. The molecule has 90 valence electrons. The first-order valence-corrected chi connectivity index (χ1v) is 6.23. The summed E-state index contributed by atoms with van der Waals surface area (Å²) in [4.78, 5) is 0. The van der Waals surface area contributed by atoms with Gasteiger partial charge in [0.05, 0.1) is 12.3 Å². The summed E-state index contributed by atoms with van der Waals surface area (Å²) in [7, 11) is 1.71. The maximum absolute atomic E-state index is 5.46. The molecule has 0 heterocycles. The van der Waals surface area contributed by atoms with Crippen LogP contribution in [0.3, 0.4) is 0 Å². The Morgan fingerprint density at radius 2 is 2.18 bits per heavy atom. The van der Waals surface area contributed by atoms with Crippen LogP contribution in [0.15, 0.2) is 18.7 Å². The van der Waals surface area contributed by atoms with Crippen LogP contribution in [0.2, 0.25) is 0 Å². The van der Waals surface area contributed by atoms with E-state index in [4.69, 9.17) is 4.74 Å². The van der Waals surface area contributed by atoms with Crippen molar-refractivity contribution >= 4 is 11.8 Å². The van der Waals surface area contributed by atoms with Crippen LogP contribution in [0.5, 0.6) is 5.75 Å². The second-order valence-electron chi connectivity index (χ2n) is 4.99. The standard InChI is InChI=1S/C16H20O/c1-5-7-12-10-13(16(3)8-9-16)11-15(17-4)14(12)6-2/h7,10-11H,2,5,8-9H2,1,3-4H3/b12-7-. The third-order valence-corrected chi connectivity index (χ3v) is 3.65. The van der Waals surface area contributed by atoms with E-state index in [9.17, 15) is 0 Å². The largest absolute Gasteiger partial charge is 0.495 e. The highest BCUT2D eigenvalue weighted by Gasteiger charge is 2.39. The van der Waals surface area contributed by atoms with Crippen LogP contribution < -0.4 is 15.2 Å². The molecule has 0 radical (unpaired) electrons. The minimum Gasteiger partial charge on any atom is -0.495 e.